The van der Waals surface area contributed by atoms with Crippen molar-refractivity contribution in [2.24, 2.45) is 5.73 Å². The first kappa shape index (κ1) is 16.5. The highest BCUT2D eigenvalue weighted by Crippen LogP contribution is 2.22. The Bertz CT molecular complexity index is 669. The Morgan fingerprint density at radius 1 is 1.17 bits per heavy atom. The Morgan fingerprint density at radius 3 is 2.54 bits per heavy atom. The molecular formula is C20H25N3O. The fraction of sp³-hybridized carbons (Fsp3) is 0.350. The maximum Gasteiger partial charge on any atom is 0.248 e. The Morgan fingerprint density at radius 2 is 1.88 bits per heavy atom. The van der Waals surface area contributed by atoms with Gasteiger partial charge in [0.2, 0.25) is 5.91 Å². The average Bonchev–Trinajstić information content (AvgIpc) is 2.63. The van der Waals surface area contributed by atoms with Crippen LogP contribution in [-0.4, -0.2) is 37.0 Å². The van der Waals surface area contributed by atoms with Gasteiger partial charge in [-0.1, -0.05) is 30.3 Å². The highest BCUT2D eigenvalue weighted by molar-refractivity contribution is 5.92. The van der Waals surface area contributed by atoms with Gasteiger partial charge in [-0.15, -0.1) is 0 Å². The van der Waals surface area contributed by atoms with Crippen LogP contribution in [0.2, 0.25) is 0 Å². The summed E-state index contributed by atoms with van der Waals surface area (Å²) in [5.41, 5.74) is 8.38. The molecule has 1 atom stereocenters. The molecule has 1 aliphatic rings. The topological polar surface area (TPSA) is 49.6 Å². The third-order valence-electron chi connectivity index (χ3n) is 4.81. The molecule has 1 unspecified atom stereocenters. The third kappa shape index (κ3) is 3.95. The van der Waals surface area contributed by atoms with Crippen LogP contribution in [0.15, 0.2) is 54.6 Å². The highest BCUT2D eigenvalue weighted by Gasteiger charge is 2.23. The lowest BCUT2D eigenvalue weighted by atomic mass is 10.0. The van der Waals surface area contributed by atoms with E-state index in [1.54, 1.807) is 0 Å². The van der Waals surface area contributed by atoms with Crippen LogP contribution in [0.5, 0.6) is 0 Å². The van der Waals surface area contributed by atoms with E-state index in [-0.39, 0.29) is 5.91 Å². The summed E-state index contributed by atoms with van der Waals surface area (Å²) in [4.78, 5) is 16.0. The molecule has 24 heavy (non-hydrogen) atoms. The Balaban J connectivity index is 1.62. The summed E-state index contributed by atoms with van der Waals surface area (Å²) in [6, 6.07) is 18.8. The zero-order chi connectivity index (χ0) is 16.9. The lowest BCUT2D eigenvalue weighted by Crippen LogP contribution is -2.46. The molecule has 126 valence electrons. The van der Waals surface area contributed by atoms with Crippen molar-refractivity contribution in [3.63, 3.8) is 0 Å². The molecule has 0 aromatic heterocycles. The number of piperidine rings is 1. The largest absolute Gasteiger partial charge is 0.370 e. The molecule has 4 nitrogen and oxygen atoms in total. The van der Waals surface area contributed by atoms with E-state index < -0.39 is 0 Å². The molecule has 0 spiro atoms. The lowest BCUT2D eigenvalue weighted by Gasteiger charge is -2.39. The van der Waals surface area contributed by atoms with Gasteiger partial charge in [-0.2, -0.15) is 0 Å². The monoisotopic (exact) mass is 323 g/mol. The number of hydrogen-bond donors (Lipinski definition) is 1. The summed E-state index contributed by atoms with van der Waals surface area (Å²) in [6.45, 7) is 3.06. The number of likely N-dealkylation sites (N-methyl/N-ethyl adjacent to an activating group) is 1. The van der Waals surface area contributed by atoms with Crippen LogP contribution in [0.25, 0.3) is 0 Å². The normalized spacial score (nSPS) is 17.9. The van der Waals surface area contributed by atoms with Crippen molar-refractivity contribution >= 4 is 11.6 Å². The van der Waals surface area contributed by atoms with E-state index in [4.69, 9.17) is 5.73 Å². The first-order chi connectivity index (χ1) is 11.6. The number of para-hydroxylation sites is 1. The molecule has 0 aliphatic carbocycles. The van der Waals surface area contributed by atoms with Gasteiger partial charge in [0.25, 0.3) is 0 Å². The Kier molecular flexibility index (Phi) is 5.16. The van der Waals surface area contributed by atoms with Crippen molar-refractivity contribution in [1.29, 1.82) is 0 Å². The molecule has 4 heteroatoms. The quantitative estimate of drug-likeness (QED) is 0.920. The van der Waals surface area contributed by atoms with Crippen LogP contribution < -0.4 is 10.6 Å². The molecule has 1 aliphatic heterocycles. The predicted octanol–water partition coefficient (Wildman–Crippen LogP) is 2.89. The summed E-state index contributed by atoms with van der Waals surface area (Å²) in [6.07, 6.45) is 2.43. The number of rotatable bonds is 5. The third-order valence-corrected chi connectivity index (χ3v) is 4.81. The van der Waals surface area contributed by atoms with E-state index in [1.807, 2.05) is 24.3 Å². The molecule has 3 rings (SSSR count). The molecule has 0 bridgehead atoms. The summed E-state index contributed by atoms with van der Waals surface area (Å²) >= 11 is 0. The highest BCUT2D eigenvalue weighted by atomic mass is 16.1. The second-order valence-electron chi connectivity index (χ2n) is 6.55. The van der Waals surface area contributed by atoms with Crippen molar-refractivity contribution in [2.45, 2.75) is 25.4 Å². The van der Waals surface area contributed by atoms with E-state index >= 15 is 0 Å². The first-order valence-corrected chi connectivity index (χ1v) is 8.52. The first-order valence-electron chi connectivity index (χ1n) is 8.52. The summed E-state index contributed by atoms with van der Waals surface area (Å²) in [7, 11) is 2.18. The molecule has 1 fully saturated rings. The van der Waals surface area contributed by atoms with E-state index in [0.29, 0.717) is 11.6 Å². The summed E-state index contributed by atoms with van der Waals surface area (Å²) < 4.78 is 0. The van der Waals surface area contributed by atoms with Crippen LogP contribution >= 0.6 is 0 Å². The number of carbonyl (C=O) groups excluding carboxylic acids is 1. The number of hydrogen-bond acceptors (Lipinski definition) is 3. The zero-order valence-corrected chi connectivity index (χ0v) is 14.2. The van der Waals surface area contributed by atoms with Crippen molar-refractivity contribution in [3.8, 4) is 0 Å². The van der Waals surface area contributed by atoms with Crippen molar-refractivity contribution in [1.82, 2.24) is 4.90 Å². The molecule has 1 saturated heterocycles. The van der Waals surface area contributed by atoms with Crippen molar-refractivity contribution in [2.75, 3.05) is 25.0 Å². The Labute approximate surface area is 143 Å². The number of nitrogens with two attached hydrogens (primary N) is 1. The van der Waals surface area contributed by atoms with E-state index in [9.17, 15) is 4.79 Å². The zero-order valence-electron chi connectivity index (χ0n) is 14.2. The van der Waals surface area contributed by atoms with Crippen LogP contribution in [0, 0.1) is 0 Å². The van der Waals surface area contributed by atoms with Crippen LogP contribution in [0.4, 0.5) is 5.69 Å². The summed E-state index contributed by atoms with van der Waals surface area (Å²) in [5.74, 6) is -0.374. The fourth-order valence-corrected chi connectivity index (χ4v) is 3.38. The van der Waals surface area contributed by atoms with Gasteiger partial charge in [-0.05, 0) is 49.7 Å². The second kappa shape index (κ2) is 7.49. The molecule has 0 radical (unpaired) electrons. The molecule has 1 heterocycles. The number of anilines is 1. The van der Waals surface area contributed by atoms with Gasteiger partial charge in [0.1, 0.15) is 0 Å². The number of carbonyl (C=O) groups is 1. The minimum absolute atomic E-state index is 0.374. The second-order valence-corrected chi connectivity index (χ2v) is 6.55. The number of amides is 1. The minimum atomic E-state index is -0.374. The van der Waals surface area contributed by atoms with Crippen molar-refractivity contribution in [3.05, 3.63) is 65.7 Å². The molecule has 1 amide bonds. The van der Waals surface area contributed by atoms with Gasteiger partial charge in [0.15, 0.2) is 0 Å². The van der Waals surface area contributed by atoms with Crippen LogP contribution in [0.3, 0.4) is 0 Å². The van der Waals surface area contributed by atoms with Gasteiger partial charge >= 0.3 is 0 Å². The standard InChI is InChI=1S/C20H25N3O/c1-22(14-16-9-11-17(12-10-16)20(21)24)19-8-5-13-23(15-19)18-6-3-2-4-7-18/h2-4,6-7,9-12,19H,5,8,13-15H2,1H3,(H2,21,24). The van der Waals surface area contributed by atoms with Gasteiger partial charge in [-0.3, -0.25) is 9.69 Å². The van der Waals surface area contributed by atoms with Gasteiger partial charge in [-0.25, -0.2) is 0 Å². The van der Waals surface area contributed by atoms with Crippen LogP contribution in [0.1, 0.15) is 28.8 Å². The molecular weight excluding hydrogens is 298 g/mol. The number of nitrogens with zero attached hydrogens (tertiary/aromatic N) is 2. The predicted molar refractivity (Wildman–Crippen MR) is 98.1 cm³/mol. The van der Waals surface area contributed by atoms with E-state index in [1.165, 1.54) is 24.1 Å². The minimum Gasteiger partial charge on any atom is -0.370 e. The number of benzene rings is 2. The Hall–Kier alpha value is -2.33. The lowest BCUT2D eigenvalue weighted by molar-refractivity contribution is 0.100. The van der Waals surface area contributed by atoms with Gasteiger partial charge in [0.05, 0.1) is 0 Å². The van der Waals surface area contributed by atoms with Gasteiger partial charge < -0.3 is 10.6 Å². The van der Waals surface area contributed by atoms with E-state index in [0.717, 1.165) is 19.6 Å². The fourth-order valence-electron chi connectivity index (χ4n) is 3.38. The number of primary amides is 1. The maximum absolute atomic E-state index is 11.2. The smallest absolute Gasteiger partial charge is 0.248 e. The molecule has 2 aromatic carbocycles. The molecule has 0 saturated carbocycles. The SMILES string of the molecule is CN(Cc1ccc(C(N)=O)cc1)C1CCCN(c2ccccc2)C1. The molecule has 2 aromatic rings. The van der Waals surface area contributed by atoms with Gasteiger partial charge in [0, 0.05) is 36.9 Å². The molecule has 2 N–H and O–H groups in total. The summed E-state index contributed by atoms with van der Waals surface area (Å²) in [5, 5.41) is 0. The maximum atomic E-state index is 11.2. The van der Waals surface area contributed by atoms with E-state index in [2.05, 4.69) is 47.2 Å². The van der Waals surface area contributed by atoms with Crippen molar-refractivity contribution < 1.29 is 4.79 Å². The van der Waals surface area contributed by atoms with Crippen LogP contribution in [-0.2, 0) is 6.54 Å². The average molecular weight is 323 g/mol.